The second kappa shape index (κ2) is 11.0. The Morgan fingerprint density at radius 3 is 2.65 bits per heavy atom. The van der Waals surface area contributed by atoms with Crippen molar-refractivity contribution >= 4 is 39.3 Å². The zero-order chi connectivity index (χ0) is 22.4. The molecule has 0 saturated heterocycles. The normalized spacial score (nSPS) is 14.8. The van der Waals surface area contributed by atoms with E-state index in [2.05, 4.69) is 21.2 Å². The van der Waals surface area contributed by atoms with Gasteiger partial charge in [-0.2, -0.15) is 0 Å². The minimum absolute atomic E-state index is 0.137. The van der Waals surface area contributed by atoms with E-state index in [1.165, 1.54) is 0 Å². The minimum atomic E-state index is -0.623. The van der Waals surface area contributed by atoms with Gasteiger partial charge in [0.25, 0.3) is 5.91 Å². The van der Waals surface area contributed by atoms with Gasteiger partial charge in [0.05, 0.1) is 0 Å². The summed E-state index contributed by atoms with van der Waals surface area (Å²) in [5.74, 6) is 0.219. The Labute approximate surface area is 197 Å². The molecule has 1 aliphatic carbocycles. The molecule has 31 heavy (non-hydrogen) atoms. The molecule has 0 aromatic heterocycles. The smallest absolute Gasteiger partial charge is 0.261 e. The van der Waals surface area contributed by atoms with E-state index in [0.717, 1.165) is 41.3 Å². The SMILES string of the molecule is Cc1cc(OCC(=O)N(Cc2cccc(Cl)c2)C(C)C(=O)NC2CCCC2)ccc1Br. The fraction of sp³-hybridized carbons (Fsp3) is 0.417. The van der Waals surface area contributed by atoms with Crippen LogP contribution in [0.1, 0.15) is 43.7 Å². The highest BCUT2D eigenvalue weighted by atomic mass is 79.9. The molecule has 0 spiro atoms. The van der Waals surface area contributed by atoms with Gasteiger partial charge in [-0.25, -0.2) is 0 Å². The number of carbonyl (C=O) groups excluding carboxylic acids is 2. The van der Waals surface area contributed by atoms with Crippen molar-refractivity contribution in [3.63, 3.8) is 0 Å². The molecular weight excluding hydrogens is 480 g/mol. The van der Waals surface area contributed by atoms with Crippen molar-refractivity contribution < 1.29 is 14.3 Å². The molecule has 7 heteroatoms. The fourth-order valence-electron chi connectivity index (χ4n) is 3.74. The first-order valence-electron chi connectivity index (χ1n) is 10.6. The van der Waals surface area contributed by atoms with E-state index in [9.17, 15) is 9.59 Å². The molecule has 1 aliphatic rings. The van der Waals surface area contributed by atoms with Gasteiger partial charge in [0.15, 0.2) is 6.61 Å². The Hall–Kier alpha value is -2.05. The third-order valence-electron chi connectivity index (χ3n) is 5.60. The van der Waals surface area contributed by atoms with Crippen LogP contribution in [0.2, 0.25) is 5.02 Å². The molecule has 0 bridgehead atoms. The number of halogens is 2. The summed E-state index contributed by atoms with van der Waals surface area (Å²) in [6.45, 7) is 3.85. The third kappa shape index (κ3) is 6.71. The summed E-state index contributed by atoms with van der Waals surface area (Å²) in [5, 5.41) is 3.69. The number of carbonyl (C=O) groups is 2. The lowest BCUT2D eigenvalue weighted by Crippen LogP contribution is -2.50. The quantitative estimate of drug-likeness (QED) is 0.530. The summed E-state index contributed by atoms with van der Waals surface area (Å²) in [4.78, 5) is 27.6. The van der Waals surface area contributed by atoms with Crippen LogP contribution in [0.3, 0.4) is 0 Å². The standard InChI is InChI=1S/C24H28BrClN2O3/c1-16-12-21(10-11-22(16)25)31-15-23(29)28(14-18-6-5-7-19(26)13-18)17(2)24(30)27-20-8-3-4-9-20/h5-7,10-13,17,20H,3-4,8-9,14-15H2,1-2H3,(H,27,30). The molecule has 2 aromatic rings. The van der Waals surface area contributed by atoms with Crippen LogP contribution in [0.4, 0.5) is 0 Å². The number of aryl methyl sites for hydroxylation is 1. The van der Waals surface area contributed by atoms with Crippen LogP contribution in [0.15, 0.2) is 46.9 Å². The number of rotatable bonds is 8. The van der Waals surface area contributed by atoms with Crippen molar-refractivity contribution in [2.75, 3.05) is 6.61 Å². The minimum Gasteiger partial charge on any atom is -0.484 e. The highest BCUT2D eigenvalue weighted by Gasteiger charge is 2.28. The lowest BCUT2D eigenvalue weighted by Gasteiger charge is -2.29. The highest BCUT2D eigenvalue weighted by molar-refractivity contribution is 9.10. The van der Waals surface area contributed by atoms with Crippen molar-refractivity contribution in [3.8, 4) is 5.75 Å². The molecule has 2 amide bonds. The van der Waals surface area contributed by atoms with E-state index in [4.69, 9.17) is 16.3 Å². The van der Waals surface area contributed by atoms with Crippen molar-refractivity contribution in [2.24, 2.45) is 0 Å². The number of benzene rings is 2. The summed E-state index contributed by atoms with van der Waals surface area (Å²) in [7, 11) is 0. The van der Waals surface area contributed by atoms with Gasteiger partial charge in [-0.05, 0) is 68.1 Å². The molecule has 0 heterocycles. The Kier molecular flexibility index (Phi) is 8.38. The van der Waals surface area contributed by atoms with Crippen LogP contribution >= 0.6 is 27.5 Å². The van der Waals surface area contributed by atoms with Gasteiger partial charge < -0.3 is 15.0 Å². The predicted molar refractivity (Wildman–Crippen MR) is 126 cm³/mol. The topological polar surface area (TPSA) is 58.6 Å². The molecule has 2 aromatic carbocycles. The van der Waals surface area contributed by atoms with E-state index in [1.54, 1.807) is 17.9 Å². The summed E-state index contributed by atoms with van der Waals surface area (Å²) in [6, 6.07) is 12.5. The summed E-state index contributed by atoms with van der Waals surface area (Å²) >= 11 is 9.58. The van der Waals surface area contributed by atoms with Crippen molar-refractivity contribution in [1.82, 2.24) is 10.2 Å². The number of hydrogen-bond acceptors (Lipinski definition) is 3. The molecule has 5 nitrogen and oxygen atoms in total. The maximum absolute atomic E-state index is 13.1. The van der Waals surface area contributed by atoms with Crippen molar-refractivity contribution in [1.29, 1.82) is 0 Å². The van der Waals surface area contributed by atoms with Gasteiger partial charge in [0, 0.05) is 22.1 Å². The molecule has 1 atom stereocenters. The largest absolute Gasteiger partial charge is 0.484 e. The molecular formula is C24H28BrClN2O3. The fourth-order valence-corrected chi connectivity index (χ4v) is 4.20. The Morgan fingerprint density at radius 2 is 1.97 bits per heavy atom. The van der Waals surface area contributed by atoms with Crippen LogP contribution in [0, 0.1) is 6.92 Å². The van der Waals surface area contributed by atoms with E-state index in [-0.39, 0.29) is 31.0 Å². The maximum atomic E-state index is 13.1. The zero-order valence-electron chi connectivity index (χ0n) is 17.9. The van der Waals surface area contributed by atoms with Gasteiger partial charge in [-0.1, -0.05) is 52.5 Å². The maximum Gasteiger partial charge on any atom is 0.261 e. The molecule has 1 N–H and O–H groups in total. The number of amides is 2. The zero-order valence-corrected chi connectivity index (χ0v) is 20.2. The second-order valence-corrected chi connectivity index (χ2v) is 9.31. The van der Waals surface area contributed by atoms with Crippen LogP contribution in [-0.2, 0) is 16.1 Å². The summed E-state index contributed by atoms with van der Waals surface area (Å²) in [6.07, 6.45) is 4.25. The molecule has 1 saturated carbocycles. The molecule has 1 fully saturated rings. The van der Waals surface area contributed by atoms with Crippen molar-refractivity contribution in [2.45, 2.75) is 58.2 Å². The van der Waals surface area contributed by atoms with Crippen LogP contribution in [-0.4, -0.2) is 35.4 Å². The number of nitrogens with one attached hydrogen (secondary N) is 1. The summed E-state index contributed by atoms with van der Waals surface area (Å²) < 4.78 is 6.72. The lowest BCUT2D eigenvalue weighted by atomic mass is 10.1. The molecule has 3 rings (SSSR count). The van der Waals surface area contributed by atoms with Gasteiger partial charge in [-0.15, -0.1) is 0 Å². The Morgan fingerprint density at radius 1 is 1.23 bits per heavy atom. The first kappa shape index (κ1) is 23.6. The van der Waals surface area contributed by atoms with Crippen LogP contribution < -0.4 is 10.1 Å². The van der Waals surface area contributed by atoms with Crippen LogP contribution in [0.5, 0.6) is 5.75 Å². The average Bonchev–Trinajstić information content (AvgIpc) is 3.25. The van der Waals surface area contributed by atoms with E-state index >= 15 is 0 Å². The second-order valence-electron chi connectivity index (χ2n) is 8.02. The first-order chi connectivity index (χ1) is 14.8. The lowest BCUT2D eigenvalue weighted by molar-refractivity contribution is -0.142. The average molecular weight is 508 g/mol. The van der Waals surface area contributed by atoms with E-state index in [1.807, 2.05) is 43.3 Å². The van der Waals surface area contributed by atoms with Crippen molar-refractivity contribution in [3.05, 3.63) is 63.1 Å². The third-order valence-corrected chi connectivity index (χ3v) is 6.73. The molecule has 0 aliphatic heterocycles. The van der Waals surface area contributed by atoms with Gasteiger partial charge in [-0.3, -0.25) is 9.59 Å². The highest BCUT2D eigenvalue weighted by Crippen LogP contribution is 2.22. The van der Waals surface area contributed by atoms with E-state index < -0.39 is 6.04 Å². The Balaban J connectivity index is 1.72. The Bertz CT molecular complexity index is 931. The molecule has 0 radical (unpaired) electrons. The van der Waals surface area contributed by atoms with Gasteiger partial charge >= 0.3 is 0 Å². The monoisotopic (exact) mass is 506 g/mol. The summed E-state index contributed by atoms with van der Waals surface area (Å²) in [5.41, 5.74) is 1.88. The van der Waals surface area contributed by atoms with Gasteiger partial charge in [0.1, 0.15) is 11.8 Å². The number of nitrogens with zero attached hydrogens (tertiary/aromatic N) is 1. The number of ether oxygens (including phenoxy) is 1. The first-order valence-corrected chi connectivity index (χ1v) is 11.7. The van der Waals surface area contributed by atoms with Crippen LogP contribution in [0.25, 0.3) is 0 Å². The number of hydrogen-bond donors (Lipinski definition) is 1. The molecule has 166 valence electrons. The van der Waals surface area contributed by atoms with Gasteiger partial charge in [0.2, 0.25) is 5.91 Å². The van der Waals surface area contributed by atoms with E-state index in [0.29, 0.717) is 10.8 Å². The molecule has 1 unspecified atom stereocenters. The predicted octanol–water partition coefficient (Wildman–Crippen LogP) is 5.27.